The maximum absolute atomic E-state index is 12.9. The van der Waals surface area contributed by atoms with E-state index in [0.717, 1.165) is 27.7 Å². The summed E-state index contributed by atoms with van der Waals surface area (Å²) in [5.74, 6) is 1.13. The Bertz CT molecular complexity index is 1260. The van der Waals surface area contributed by atoms with Gasteiger partial charge in [-0.25, -0.2) is 0 Å². The van der Waals surface area contributed by atoms with Crippen LogP contribution in [0.4, 0.5) is 5.69 Å². The Balaban J connectivity index is 1.44. The number of carbonyl (C=O) groups is 1. The minimum Gasteiger partial charge on any atom is -0.454 e. The molecule has 1 amide bonds. The number of rotatable bonds is 6. The van der Waals surface area contributed by atoms with Crippen molar-refractivity contribution in [3.63, 3.8) is 0 Å². The Morgan fingerprint density at radius 1 is 1.03 bits per heavy atom. The van der Waals surface area contributed by atoms with Gasteiger partial charge in [-0.2, -0.15) is 0 Å². The Labute approximate surface area is 186 Å². The van der Waals surface area contributed by atoms with Gasteiger partial charge in [-0.05, 0) is 47.5 Å². The molecule has 6 nitrogen and oxygen atoms in total. The summed E-state index contributed by atoms with van der Waals surface area (Å²) < 4.78 is 10.8. The molecule has 0 saturated heterocycles. The molecule has 6 heteroatoms. The van der Waals surface area contributed by atoms with Crippen molar-refractivity contribution in [3.8, 4) is 11.5 Å². The Hall–Kier alpha value is -3.93. The van der Waals surface area contributed by atoms with Gasteiger partial charge in [0.1, 0.15) is 0 Å². The van der Waals surface area contributed by atoms with Crippen LogP contribution in [0, 0.1) is 0 Å². The molecule has 1 aliphatic heterocycles. The van der Waals surface area contributed by atoms with E-state index >= 15 is 0 Å². The van der Waals surface area contributed by atoms with Gasteiger partial charge >= 0.3 is 0 Å². The van der Waals surface area contributed by atoms with Gasteiger partial charge in [-0.3, -0.25) is 4.79 Å². The van der Waals surface area contributed by atoms with Crippen LogP contribution in [0.25, 0.3) is 10.9 Å². The summed E-state index contributed by atoms with van der Waals surface area (Å²) in [5, 5.41) is 4.28. The highest BCUT2D eigenvalue weighted by Gasteiger charge is 2.21. The summed E-state index contributed by atoms with van der Waals surface area (Å²) in [6, 6.07) is 22.0. The third kappa shape index (κ3) is 3.75. The van der Waals surface area contributed by atoms with Crippen molar-refractivity contribution in [1.82, 2.24) is 10.3 Å². The van der Waals surface area contributed by atoms with Crippen LogP contribution in [0.15, 0.2) is 72.9 Å². The monoisotopic (exact) mass is 427 g/mol. The van der Waals surface area contributed by atoms with E-state index in [-0.39, 0.29) is 18.6 Å². The van der Waals surface area contributed by atoms with Gasteiger partial charge < -0.3 is 24.7 Å². The van der Waals surface area contributed by atoms with Crippen LogP contribution in [-0.2, 0) is 0 Å². The minimum atomic E-state index is -0.141. The molecule has 0 fully saturated rings. The second-order valence-corrected chi connectivity index (χ2v) is 8.11. The number of hydrogen-bond acceptors (Lipinski definition) is 4. The van der Waals surface area contributed by atoms with Crippen LogP contribution in [-0.4, -0.2) is 38.3 Å². The molecule has 1 aliphatic rings. The molecule has 0 radical (unpaired) electrons. The van der Waals surface area contributed by atoms with E-state index in [1.54, 1.807) is 18.2 Å². The zero-order chi connectivity index (χ0) is 22.1. The van der Waals surface area contributed by atoms with Gasteiger partial charge in [-0.1, -0.05) is 30.3 Å². The van der Waals surface area contributed by atoms with Gasteiger partial charge in [0.25, 0.3) is 5.91 Å². The van der Waals surface area contributed by atoms with Crippen LogP contribution in [0.2, 0.25) is 0 Å². The highest BCUT2D eigenvalue weighted by Crippen LogP contribution is 2.33. The van der Waals surface area contributed by atoms with E-state index in [1.165, 1.54) is 0 Å². The molecule has 0 aliphatic carbocycles. The Kier molecular flexibility index (Phi) is 5.19. The summed E-state index contributed by atoms with van der Waals surface area (Å²) >= 11 is 0. The summed E-state index contributed by atoms with van der Waals surface area (Å²) in [6.45, 7) is 0.655. The maximum Gasteiger partial charge on any atom is 0.251 e. The average molecular weight is 428 g/mol. The molecule has 1 aromatic heterocycles. The molecule has 1 atom stereocenters. The Morgan fingerprint density at radius 2 is 1.81 bits per heavy atom. The van der Waals surface area contributed by atoms with Crippen LogP contribution in [0.5, 0.6) is 11.5 Å². The first-order chi connectivity index (χ1) is 15.6. The number of nitrogens with zero attached hydrogens (tertiary/aromatic N) is 1. The number of benzene rings is 3. The molecule has 3 aromatic carbocycles. The fourth-order valence-corrected chi connectivity index (χ4v) is 4.13. The smallest absolute Gasteiger partial charge is 0.251 e. The quantitative estimate of drug-likeness (QED) is 0.475. The second-order valence-electron chi connectivity index (χ2n) is 8.11. The number of amides is 1. The first-order valence-electron chi connectivity index (χ1n) is 10.6. The number of carbonyl (C=O) groups excluding carboxylic acids is 1. The molecular weight excluding hydrogens is 402 g/mol. The number of anilines is 1. The number of nitrogens with one attached hydrogen (secondary N) is 2. The van der Waals surface area contributed by atoms with Gasteiger partial charge in [0.2, 0.25) is 6.79 Å². The van der Waals surface area contributed by atoms with E-state index in [1.807, 2.05) is 32.4 Å². The topological polar surface area (TPSA) is 66.6 Å². The predicted molar refractivity (Wildman–Crippen MR) is 126 cm³/mol. The summed E-state index contributed by atoms with van der Waals surface area (Å²) in [5.41, 5.74) is 5.07. The van der Waals surface area contributed by atoms with E-state index < -0.39 is 0 Å². The molecule has 2 heterocycles. The third-order valence-electron chi connectivity index (χ3n) is 5.91. The fraction of sp³-hybridized carbons (Fsp3) is 0.192. The number of H-pyrrole nitrogens is 1. The number of para-hydroxylation sites is 1. The average Bonchev–Trinajstić information content (AvgIpc) is 3.46. The van der Waals surface area contributed by atoms with Crippen molar-refractivity contribution in [3.05, 3.63) is 89.6 Å². The van der Waals surface area contributed by atoms with Gasteiger partial charge in [-0.15, -0.1) is 0 Å². The molecule has 0 saturated carbocycles. The van der Waals surface area contributed by atoms with Gasteiger partial charge in [0, 0.05) is 54.9 Å². The first kappa shape index (κ1) is 20.0. The zero-order valence-corrected chi connectivity index (χ0v) is 18.1. The molecular formula is C26H25N3O3. The van der Waals surface area contributed by atoms with Crippen molar-refractivity contribution >= 4 is 22.5 Å². The highest BCUT2D eigenvalue weighted by atomic mass is 16.7. The minimum absolute atomic E-state index is 0.000299. The number of aromatic nitrogens is 1. The summed E-state index contributed by atoms with van der Waals surface area (Å²) in [7, 11) is 4.05. The van der Waals surface area contributed by atoms with E-state index in [2.05, 4.69) is 51.6 Å². The lowest BCUT2D eigenvalue weighted by Gasteiger charge is -2.20. The fourth-order valence-electron chi connectivity index (χ4n) is 4.13. The van der Waals surface area contributed by atoms with Crippen LogP contribution < -0.4 is 19.7 Å². The number of hydrogen-bond donors (Lipinski definition) is 2. The highest BCUT2D eigenvalue weighted by molar-refractivity contribution is 5.95. The third-order valence-corrected chi connectivity index (χ3v) is 5.91. The number of aromatic amines is 1. The lowest BCUT2D eigenvalue weighted by atomic mass is 9.90. The molecule has 1 unspecified atom stereocenters. The van der Waals surface area contributed by atoms with Crippen LogP contribution >= 0.6 is 0 Å². The summed E-state index contributed by atoms with van der Waals surface area (Å²) in [4.78, 5) is 18.4. The SMILES string of the molecule is CN(C)c1ccc(C(CNC(=O)c2ccc3c(c2)OCO3)c2c[nH]c3ccccc23)cc1. The normalized spacial score (nSPS) is 13.2. The van der Waals surface area contributed by atoms with Crippen molar-refractivity contribution < 1.29 is 14.3 Å². The molecule has 0 bridgehead atoms. The van der Waals surface area contributed by atoms with Crippen molar-refractivity contribution in [2.45, 2.75) is 5.92 Å². The number of ether oxygens (including phenoxy) is 2. The maximum atomic E-state index is 12.9. The van der Waals surface area contributed by atoms with Gasteiger partial charge in [0.15, 0.2) is 11.5 Å². The first-order valence-corrected chi connectivity index (χ1v) is 10.6. The molecule has 162 valence electrons. The molecule has 4 aromatic rings. The Morgan fingerprint density at radius 3 is 2.62 bits per heavy atom. The van der Waals surface area contributed by atoms with E-state index in [9.17, 15) is 4.79 Å². The lowest BCUT2D eigenvalue weighted by molar-refractivity contribution is 0.0952. The zero-order valence-electron chi connectivity index (χ0n) is 18.1. The van der Waals surface area contributed by atoms with Gasteiger partial charge in [0.05, 0.1) is 0 Å². The molecule has 5 rings (SSSR count). The number of fused-ring (bicyclic) bond motifs is 2. The second kappa shape index (κ2) is 8.30. The predicted octanol–water partition coefficient (Wildman–Crippen LogP) is 4.52. The van der Waals surface area contributed by atoms with Crippen molar-refractivity contribution in [2.24, 2.45) is 0 Å². The largest absolute Gasteiger partial charge is 0.454 e. The molecule has 2 N–H and O–H groups in total. The van der Waals surface area contributed by atoms with Crippen molar-refractivity contribution in [1.29, 1.82) is 0 Å². The lowest BCUT2D eigenvalue weighted by Crippen LogP contribution is -2.28. The van der Waals surface area contributed by atoms with Crippen LogP contribution in [0.3, 0.4) is 0 Å². The van der Waals surface area contributed by atoms with E-state index in [0.29, 0.717) is 23.6 Å². The molecule has 32 heavy (non-hydrogen) atoms. The van der Waals surface area contributed by atoms with Crippen LogP contribution in [0.1, 0.15) is 27.4 Å². The standard InChI is InChI=1S/C26H25N3O3/c1-29(2)19-10-7-17(8-11-19)21(22-15-27-23-6-4-3-5-20(22)23)14-28-26(30)18-9-12-24-25(13-18)32-16-31-24/h3-13,15,21,27H,14,16H2,1-2H3,(H,28,30). The summed E-state index contributed by atoms with van der Waals surface area (Å²) in [6.07, 6.45) is 2.04. The van der Waals surface area contributed by atoms with Crippen molar-refractivity contribution in [2.75, 3.05) is 32.3 Å². The van der Waals surface area contributed by atoms with E-state index in [4.69, 9.17) is 9.47 Å². The molecule has 0 spiro atoms.